The van der Waals surface area contributed by atoms with Gasteiger partial charge in [-0.3, -0.25) is 24.2 Å². The lowest BCUT2D eigenvalue weighted by molar-refractivity contribution is -0.147. The van der Waals surface area contributed by atoms with E-state index >= 15 is 0 Å². The highest BCUT2D eigenvalue weighted by Crippen LogP contribution is 2.27. The molecular weight excluding hydrogens is 258 g/mol. The first-order valence-corrected chi connectivity index (χ1v) is 7.40. The van der Waals surface area contributed by atoms with Gasteiger partial charge >= 0.3 is 0 Å². The van der Waals surface area contributed by atoms with Gasteiger partial charge < -0.3 is 4.90 Å². The number of carbonyl (C=O) groups excluding carboxylic acids is 3. The van der Waals surface area contributed by atoms with Crippen molar-refractivity contribution in [3.63, 3.8) is 0 Å². The van der Waals surface area contributed by atoms with Gasteiger partial charge in [-0.2, -0.15) is 0 Å². The van der Waals surface area contributed by atoms with Gasteiger partial charge in [-0.15, -0.1) is 0 Å². The summed E-state index contributed by atoms with van der Waals surface area (Å²) >= 11 is 0. The maximum Gasteiger partial charge on any atom is 0.230 e. The van der Waals surface area contributed by atoms with Gasteiger partial charge in [-0.05, 0) is 12.8 Å². The number of hydrogen-bond acceptors (Lipinski definition) is 4. The molecule has 3 heterocycles. The van der Waals surface area contributed by atoms with E-state index in [1.807, 2.05) is 4.90 Å². The summed E-state index contributed by atoms with van der Waals surface area (Å²) in [6.07, 6.45) is 2.75. The number of hydrogen-bond donors (Lipinski definition) is 0. The molecule has 3 amide bonds. The molecule has 0 N–H and O–H groups in total. The van der Waals surface area contributed by atoms with Crippen LogP contribution in [0, 0.1) is 0 Å². The van der Waals surface area contributed by atoms with E-state index < -0.39 is 0 Å². The standard InChI is InChI=1S/C14H21N3O3/c1-10(18)15-6-4-11(5-7-15)16-8-12(9-16)17-13(19)2-3-14(17)20/h11-12H,2-9H2,1H3. The number of likely N-dealkylation sites (tertiary alicyclic amines) is 3. The molecule has 0 saturated carbocycles. The van der Waals surface area contributed by atoms with E-state index in [0.717, 1.165) is 39.0 Å². The van der Waals surface area contributed by atoms with Crippen LogP contribution in [0.3, 0.4) is 0 Å². The molecule has 0 aromatic heterocycles. The van der Waals surface area contributed by atoms with Crippen molar-refractivity contribution in [1.82, 2.24) is 14.7 Å². The van der Waals surface area contributed by atoms with E-state index in [2.05, 4.69) is 4.90 Å². The zero-order valence-electron chi connectivity index (χ0n) is 11.9. The van der Waals surface area contributed by atoms with Crippen LogP contribution in [0.2, 0.25) is 0 Å². The van der Waals surface area contributed by atoms with Crippen LogP contribution in [0.25, 0.3) is 0 Å². The first-order valence-electron chi connectivity index (χ1n) is 7.40. The van der Waals surface area contributed by atoms with Gasteiger partial charge in [-0.1, -0.05) is 0 Å². The molecule has 0 aromatic rings. The van der Waals surface area contributed by atoms with Gasteiger partial charge in [0.15, 0.2) is 0 Å². The summed E-state index contributed by atoms with van der Waals surface area (Å²) < 4.78 is 0. The Kier molecular flexibility index (Phi) is 3.50. The summed E-state index contributed by atoms with van der Waals surface area (Å²) in [6, 6.07) is 0.581. The second kappa shape index (κ2) is 5.16. The fourth-order valence-electron chi connectivity index (χ4n) is 3.50. The van der Waals surface area contributed by atoms with Crippen molar-refractivity contribution in [3.05, 3.63) is 0 Å². The number of carbonyl (C=O) groups is 3. The summed E-state index contributed by atoms with van der Waals surface area (Å²) in [5.74, 6) is 0.135. The van der Waals surface area contributed by atoms with Gasteiger partial charge in [0.2, 0.25) is 17.7 Å². The predicted octanol–water partition coefficient (Wildman–Crippen LogP) is -0.169. The van der Waals surface area contributed by atoms with Crippen molar-refractivity contribution in [2.45, 2.75) is 44.7 Å². The Balaban J connectivity index is 1.48. The minimum atomic E-state index is -0.00829. The Hall–Kier alpha value is -1.43. The Morgan fingerprint density at radius 2 is 1.55 bits per heavy atom. The number of rotatable bonds is 2. The minimum absolute atomic E-state index is 0.00829. The van der Waals surface area contributed by atoms with Gasteiger partial charge in [-0.25, -0.2) is 0 Å². The third kappa shape index (κ3) is 2.32. The molecule has 0 bridgehead atoms. The molecule has 0 spiro atoms. The average molecular weight is 279 g/mol. The number of amides is 3. The predicted molar refractivity (Wildman–Crippen MR) is 71.7 cm³/mol. The quantitative estimate of drug-likeness (QED) is 0.659. The first kappa shape index (κ1) is 13.5. The lowest BCUT2D eigenvalue weighted by atomic mass is 9.96. The van der Waals surface area contributed by atoms with Crippen molar-refractivity contribution in [2.24, 2.45) is 0 Å². The lowest BCUT2D eigenvalue weighted by Crippen LogP contribution is -2.64. The Labute approximate surface area is 118 Å². The third-order valence-corrected chi connectivity index (χ3v) is 4.77. The fraction of sp³-hybridized carbons (Fsp3) is 0.786. The second-order valence-corrected chi connectivity index (χ2v) is 6.00. The van der Waals surface area contributed by atoms with E-state index in [4.69, 9.17) is 0 Å². The van der Waals surface area contributed by atoms with Crippen LogP contribution in [0.15, 0.2) is 0 Å². The van der Waals surface area contributed by atoms with Crippen LogP contribution in [0.1, 0.15) is 32.6 Å². The highest BCUT2D eigenvalue weighted by molar-refractivity contribution is 6.02. The maximum absolute atomic E-state index is 11.7. The van der Waals surface area contributed by atoms with Crippen LogP contribution in [0.4, 0.5) is 0 Å². The first-order chi connectivity index (χ1) is 9.56. The topological polar surface area (TPSA) is 60.9 Å². The van der Waals surface area contributed by atoms with Crippen LogP contribution < -0.4 is 0 Å². The molecule has 3 fully saturated rings. The Morgan fingerprint density at radius 3 is 2.05 bits per heavy atom. The highest BCUT2D eigenvalue weighted by Gasteiger charge is 2.43. The Morgan fingerprint density at radius 1 is 1.00 bits per heavy atom. The molecule has 6 heteroatoms. The summed E-state index contributed by atoms with van der Waals surface area (Å²) in [6.45, 7) is 4.88. The van der Waals surface area contributed by atoms with E-state index in [1.54, 1.807) is 6.92 Å². The lowest BCUT2D eigenvalue weighted by Gasteiger charge is -2.49. The molecule has 3 rings (SSSR count). The number of imide groups is 1. The molecule has 0 atom stereocenters. The van der Waals surface area contributed by atoms with Crippen molar-refractivity contribution in [3.8, 4) is 0 Å². The normalized spacial score (nSPS) is 26.2. The molecule has 0 unspecified atom stereocenters. The molecule has 0 radical (unpaired) electrons. The molecule has 3 saturated heterocycles. The van der Waals surface area contributed by atoms with Crippen LogP contribution in [0.5, 0.6) is 0 Å². The highest BCUT2D eigenvalue weighted by atomic mass is 16.2. The number of nitrogens with zero attached hydrogens (tertiary/aromatic N) is 3. The summed E-state index contributed by atoms with van der Waals surface area (Å²) in [7, 11) is 0. The largest absolute Gasteiger partial charge is 0.343 e. The van der Waals surface area contributed by atoms with E-state index in [0.29, 0.717) is 18.9 Å². The molecule has 110 valence electrons. The molecule has 0 aromatic carbocycles. The van der Waals surface area contributed by atoms with Crippen molar-refractivity contribution in [1.29, 1.82) is 0 Å². The van der Waals surface area contributed by atoms with Crippen molar-refractivity contribution >= 4 is 17.7 Å². The Bertz CT molecular complexity index is 421. The SMILES string of the molecule is CC(=O)N1CCC(N2CC(N3C(=O)CCC3=O)C2)CC1. The van der Waals surface area contributed by atoms with Crippen LogP contribution >= 0.6 is 0 Å². The second-order valence-electron chi connectivity index (χ2n) is 6.00. The maximum atomic E-state index is 11.7. The molecule has 6 nitrogen and oxygen atoms in total. The van der Waals surface area contributed by atoms with Gasteiger partial charge in [0.1, 0.15) is 0 Å². The van der Waals surface area contributed by atoms with Gasteiger partial charge in [0.05, 0.1) is 6.04 Å². The fourth-order valence-corrected chi connectivity index (χ4v) is 3.50. The molecule has 3 aliphatic rings. The van der Waals surface area contributed by atoms with E-state index in [1.165, 1.54) is 4.90 Å². The molecule has 20 heavy (non-hydrogen) atoms. The van der Waals surface area contributed by atoms with E-state index in [-0.39, 0.29) is 23.8 Å². The minimum Gasteiger partial charge on any atom is -0.343 e. The monoisotopic (exact) mass is 279 g/mol. The van der Waals surface area contributed by atoms with Crippen molar-refractivity contribution in [2.75, 3.05) is 26.2 Å². The van der Waals surface area contributed by atoms with Crippen molar-refractivity contribution < 1.29 is 14.4 Å². The summed E-state index contributed by atoms with van der Waals surface area (Å²) in [5, 5.41) is 0. The molecule has 3 aliphatic heterocycles. The van der Waals surface area contributed by atoms with Gasteiger partial charge in [0, 0.05) is 52.0 Å². The smallest absolute Gasteiger partial charge is 0.230 e. The van der Waals surface area contributed by atoms with E-state index in [9.17, 15) is 14.4 Å². The zero-order chi connectivity index (χ0) is 14.3. The average Bonchev–Trinajstić information content (AvgIpc) is 2.70. The summed E-state index contributed by atoms with van der Waals surface area (Å²) in [5.41, 5.74) is 0. The molecule has 0 aliphatic carbocycles. The van der Waals surface area contributed by atoms with Crippen LogP contribution in [-0.4, -0.2) is 70.7 Å². The van der Waals surface area contributed by atoms with Gasteiger partial charge in [0.25, 0.3) is 0 Å². The third-order valence-electron chi connectivity index (χ3n) is 4.77. The molecular formula is C14H21N3O3. The zero-order valence-corrected chi connectivity index (χ0v) is 11.9. The van der Waals surface area contributed by atoms with Crippen LogP contribution in [-0.2, 0) is 14.4 Å². The number of piperidine rings is 1. The summed E-state index contributed by atoms with van der Waals surface area (Å²) in [4.78, 5) is 40.3.